The van der Waals surface area contributed by atoms with Crippen molar-refractivity contribution in [2.24, 2.45) is 0 Å². The summed E-state index contributed by atoms with van der Waals surface area (Å²) in [4.78, 5) is 27.6. The summed E-state index contributed by atoms with van der Waals surface area (Å²) in [6.45, 7) is 12.7. The zero-order chi connectivity index (χ0) is 21.6. The molecule has 0 radical (unpaired) electrons. The van der Waals surface area contributed by atoms with Crippen molar-refractivity contribution in [1.82, 2.24) is 10.2 Å². The maximum absolute atomic E-state index is 13.3. The number of hydrogen-bond donors (Lipinski definition) is 1. The Labute approximate surface area is 177 Å². The number of nitrogens with zero attached hydrogens (tertiary/aromatic N) is 1. The van der Waals surface area contributed by atoms with E-state index in [2.05, 4.69) is 5.32 Å². The molecule has 1 aliphatic heterocycles. The summed E-state index contributed by atoms with van der Waals surface area (Å²) in [6.07, 6.45) is 0. The first-order chi connectivity index (χ1) is 13.7. The van der Waals surface area contributed by atoms with E-state index in [1.165, 1.54) is 0 Å². The van der Waals surface area contributed by atoms with Crippen LogP contribution in [-0.2, 0) is 4.79 Å². The Bertz CT molecular complexity index is 705. The summed E-state index contributed by atoms with van der Waals surface area (Å²) in [5, 5.41) is 2.97. The third-order valence-electron chi connectivity index (χ3n) is 4.10. The fourth-order valence-corrected chi connectivity index (χ4v) is 4.14. The number of amides is 2. The predicted octanol–water partition coefficient (Wildman–Crippen LogP) is 3.31. The average Bonchev–Trinajstić information content (AvgIpc) is 3.12. The highest BCUT2D eigenvalue weighted by atomic mass is 32.2. The van der Waals surface area contributed by atoms with Gasteiger partial charge in [-0.05, 0) is 53.7 Å². The fraction of sp³-hybridized carbons (Fsp3) is 0.619. The van der Waals surface area contributed by atoms with Gasteiger partial charge in [-0.15, -0.1) is 11.8 Å². The first-order valence-corrected chi connectivity index (χ1v) is 11.1. The molecule has 1 aromatic rings. The van der Waals surface area contributed by atoms with Gasteiger partial charge in [0.25, 0.3) is 5.91 Å². The van der Waals surface area contributed by atoms with Crippen LogP contribution in [0.4, 0.5) is 0 Å². The number of thioether (sulfide) groups is 1. The molecule has 162 valence electrons. The molecule has 1 aromatic carbocycles. The van der Waals surface area contributed by atoms with Crippen LogP contribution in [0.1, 0.15) is 51.9 Å². The normalized spacial score (nSPS) is 16.5. The molecular formula is C21H32N2O5S. The Kier molecular flexibility index (Phi) is 8.07. The highest BCUT2D eigenvalue weighted by Crippen LogP contribution is 2.40. The zero-order valence-electron chi connectivity index (χ0n) is 18.2. The standard InChI is InChI=1S/C21H32N2O5S/c1-7-26-16-10-14(11-17(27-8-2)18(16)28-9-3)20(25)23-13-29-12-15(23)19(24)22-21(4,5)6/h10-11,15H,7-9,12-13H2,1-6H3,(H,22,24)/t15-/m0/s1. The van der Waals surface area contributed by atoms with Gasteiger partial charge in [0.05, 0.1) is 25.7 Å². The summed E-state index contributed by atoms with van der Waals surface area (Å²) in [5.41, 5.74) is 0.0547. The lowest BCUT2D eigenvalue weighted by molar-refractivity contribution is -0.125. The van der Waals surface area contributed by atoms with E-state index in [1.807, 2.05) is 41.5 Å². The van der Waals surface area contributed by atoms with Crippen LogP contribution in [0.2, 0.25) is 0 Å². The highest BCUT2D eigenvalue weighted by molar-refractivity contribution is 7.99. The van der Waals surface area contributed by atoms with Crippen molar-refractivity contribution in [1.29, 1.82) is 0 Å². The maximum Gasteiger partial charge on any atom is 0.255 e. The molecule has 1 aliphatic rings. The summed E-state index contributed by atoms with van der Waals surface area (Å²) < 4.78 is 17.1. The van der Waals surface area contributed by atoms with Crippen molar-refractivity contribution in [3.05, 3.63) is 17.7 Å². The van der Waals surface area contributed by atoms with Crippen molar-refractivity contribution >= 4 is 23.6 Å². The second-order valence-electron chi connectivity index (χ2n) is 7.63. The SMILES string of the molecule is CCOc1cc(C(=O)N2CSC[C@H]2C(=O)NC(C)(C)C)cc(OCC)c1OCC. The van der Waals surface area contributed by atoms with Gasteiger partial charge in [-0.25, -0.2) is 0 Å². The Balaban J connectivity index is 2.36. The van der Waals surface area contributed by atoms with Crippen LogP contribution in [0.5, 0.6) is 17.2 Å². The molecule has 7 nitrogen and oxygen atoms in total. The largest absolute Gasteiger partial charge is 0.490 e. The van der Waals surface area contributed by atoms with E-state index in [0.717, 1.165) is 0 Å². The Hall–Kier alpha value is -2.09. The number of nitrogens with one attached hydrogen (secondary N) is 1. The summed E-state index contributed by atoms with van der Waals surface area (Å²) in [6, 6.07) is 2.83. The monoisotopic (exact) mass is 424 g/mol. The lowest BCUT2D eigenvalue weighted by Gasteiger charge is -2.28. The van der Waals surface area contributed by atoms with Crippen molar-refractivity contribution in [2.45, 2.75) is 53.1 Å². The van der Waals surface area contributed by atoms with Gasteiger partial charge in [-0.3, -0.25) is 9.59 Å². The lowest BCUT2D eigenvalue weighted by atomic mass is 10.1. The van der Waals surface area contributed by atoms with Gasteiger partial charge < -0.3 is 24.4 Å². The second kappa shape index (κ2) is 10.1. The minimum atomic E-state index is -0.510. The van der Waals surface area contributed by atoms with Gasteiger partial charge in [0.1, 0.15) is 6.04 Å². The van der Waals surface area contributed by atoms with Crippen molar-refractivity contribution in [3.8, 4) is 17.2 Å². The minimum Gasteiger partial charge on any atom is -0.490 e. The van der Waals surface area contributed by atoms with Crippen LogP contribution in [-0.4, -0.2) is 59.7 Å². The first kappa shape index (κ1) is 23.2. The Morgan fingerprint density at radius 1 is 1.07 bits per heavy atom. The van der Waals surface area contributed by atoms with E-state index in [0.29, 0.717) is 54.3 Å². The highest BCUT2D eigenvalue weighted by Gasteiger charge is 2.37. The van der Waals surface area contributed by atoms with Crippen molar-refractivity contribution in [2.75, 3.05) is 31.5 Å². The molecule has 1 heterocycles. The van der Waals surface area contributed by atoms with Crippen LogP contribution in [0.15, 0.2) is 12.1 Å². The molecule has 1 fully saturated rings. The number of carbonyl (C=O) groups excluding carboxylic acids is 2. The number of ether oxygens (including phenoxy) is 3. The Morgan fingerprint density at radius 2 is 1.62 bits per heavy atom. The van der Waals surface area contributed by atoms with Crippen molar-refractivity contribution in [3.63, 3.8) is 0 Å². The van der Waals surface area contributed by atoms with E-state index in [9.17, 15) is 9.59 Å². The second-order valence-corrected chi connectivity index (χ2v) is 8.63. The first-order valence-electron chi connectivity index (χ1n) is 9.98. The van der Waals surface area contributed by atoms with E-state index >= 15 is 0 Å². The average molecular weight is 425 g/mol. The Morgan fingerprint density at radius 3 is 2.10 bits per heavy atom. The molecule has 0 aliphatic carbocycles. The van der Waals surface area contributed by atoms with Crippen LogP contribution >= 0.6 is 11.8 Å². The molecule has 2 rings (SSSR count). The van der Waals surface area contributed by atoms with Crippen LogP contribution in [0.25, 0.3) is 0 Å². The van der Waals surface area contributed by atoms with Gasteiger partial charge in [0.15, 0.2) is 11.5 Å². The lowest BCUT2D eigenvalue weighted by Crippen LogP contribution is -2.52. The number of carbonyl (C=O) groups is 2. The number of rotatable bonds is 8. The van der Waals surface area contributed by atoms with E-state index in [1.54, 1.807) is 28.8 Å². The van der Waals surface area contributed by atoms with Gasteiger partial charge >= 0.3 is 0 Å². The molecule has 0 aromatic heterocycles. The molecule has 0 spiro atoms. The maximum atomic E-state index is 13.3. The molecule has 1 saturated heterocycles. The molecule has 0 bridgehead atoms. The molecule has 0 unspecified atom stereocenters. The molecule has 0 saturated carbocycles. The fourth-order valence-electron chi connectivity index (χ4n) is 2.99. The van der Waals surface area contributed by atoms with Crippen LogP contribution in [0.3, 0.4) is 0 Å². The van der Waals surface area contributed by atoms with Gasteiger partial charge in [0.2, 0.25) is 11.7 Å². The predicted molar refractivity (Wildman–Crippen MR) is 115 cm³/mol. The molecule has 2 amide bonds. The smallest absolute Gasteiger partial charge is 0.255 e. The summed E-state index contributed by atoms with van der Waals surface area (Å²) >= 11 is 1.56. The third kappa shape index (κ3) is 5.95. The number of benzene rings is 1. The van der Waals surface area contributed by atoms with Gasteiger partial charge in [-0.1, -0.05) is 0 Å². The molecule has 29 heavy (non-hydrogen) atoms. The molecule has 8 heteroatoms. The molecular weight excluding hydrogens is 392 g/mol. The topological polar surface area (TPSA) is 77.1 Å². The van der Waals surface area contributed by atoms with Gasteiger partial charge in [0, 0.05) is 16.9 Å². The summed E-state index contributed by atoms with van der Waals surface area (Å²) in [7, 11) is 0. The van der Waals surface area contributed by atoms with Gasteiger partial charge in [-0.2, -0.15) is 0 Å². The third-order valence-corrected chi connectivity index (χ3v) is 5.11. The molecule has 1 N–H and O–H groups in total. The van der Waals surface area contributed by atoms with E-state index in [-0.39, 0.29) is 17.4 Å². The number of hydrogen-bond acceptors (Lipinski definition) is 6. The minimum absolute atomic E-state index is 0.142. The van der Waals surface area contributed by atoms with Crippen molar-refractivity contribution < 1.29 is 23.8 Å². The van der Waals surface area contributed by atoms with Crippen LogP contribution < -0.4 is 19.5 Å². The van der Waals surface area contributed by atoms with E-state index < -0.39 is 6.04 Å². The zero-order valence-corrected chi connectivity index (χ0v) is 19.0. The molecule has 1 atom stereocenters. The van der Waals surface area contributed by atoms with E-state index in [4.69, 9.17) is 14.2 Å². The quantitative estimate of drug-likeness (QED) is 0.690. The van der Waals surface area contributed by atoms with Crippen LogP contribution in [0, 0.1) is 0 Å². The summed E-state index contributed by atoms with van der Waals surface area (Å²) in [5.74, 6) is 2.08.